The van der Waals surface area contributed by atoms with Gasteiger partial charge in [-0.15, -0.1) is 0 Å². The Morgan fingerprint density at radius 2 is 1.91 bits per heavy atom. The second-order valence-electron chi connectivity index (χ2n) is 8.36. The van der Waals surface area contributed by atoms with Crippen LogP contribution in [0, 0.1) is 12.8 Å². The first-order valence-corrected chi connectivity index (χ1v) is 11.5. The first-order valence-electron chi connectivity index (χ1n) is 11.1. The van der Waals surface area contributed by atoms with Crippen molar-refractivity contribution in [1.82, 2.24) is 24.9 Å². The van der Waals surface area contributed by atoms with Gasteiger partial charge in [-0.3, -0.25) is 9.78 Å². The van der Waals surface area contributed by atoms with Crippen LogP contribution in [0.5, 0.6) is 0 Å². The zero-order valence-corrected chi connectivity index (χ0v) is 19.2. The fourth-order valence-electron chi connectivity index (χ4n) is 4.26. The molecule has 33 heavy (non-hydrogen) atoms. The number of hydrogen-bond acceptors (Lipinski definition) is 5. The number of pyridine rings is 1. The molecule has 0 saturated carbocycles. The van der Waals surface area contributed by atoms with Gasteiger partial charge in [0.2, 0.25) is 5.91 Å². The summed E-state index contributed by atoms with van der Waals surface area (Å²) in [6, 6.07) is 17.4. The standard InChI is InChI=1S/C25H25ClN6O/c1-17-14-24(32-23(29-17)15-22(30-32)18-5-7-20(26)8-6-18)31-12-9-19(10-13-31)25(33)28-16-21-4-2-3-11-27-21/h2-8,11,14-15,19H,9-10,12-13,16H2,1H3,(H,28,33). The molecular weight excluding hydrogens is 436 g/mol. The average molecular weight is 461 g/mol. The molecule has 4 aromatic rings. The number of carbonyl (C=O) groups is 1. The molecule has 7 nitrogen and oxygen atoms in total. The van der Waals surface area contributed by atoms with Gasteiger partial charge < -0.3 is 10.2 Å². The lowest BCUT2D eigenvalue weighted by molar-refractivity contribution is -0.125. The van der Waals surface area contributed by atoms with Crippen molar-refractivity contribution in [2.75, 3.05) is 18.0 Å². The number of carbonyl (C=O) groups excluding carboxylic acids is 1. The van der Waals surface area contributed by atoms with Gasteiger partial charge in [-0.05, 0) is 44.0 Å². The number of halogens is 1. The number of anilines is 1. The maximum atomic E-state index is 12.7. The Morgan fingerprint density at radius 3 is 2.64 bits per heavy atom. The van der Waals surface area contributed by atoms with Gasteiger partial charge in [-0.2, -0.15) is 9.61 Å². The molecule has 3 aromatic heterocycles. The van der Waals surface area contributed by atoms with Crippen LogP contribution in [0.4, 0.5) is 5.82 Å². The quantitative estimate of drug-likeness (QED) is 0.481. The SMILES string of the molecule is Cc1cc(N2CCC(C(=O)NCc3ccccn3)CC2)n2nc(-c3ccc(Cl)cc3)cc2n1. The predicted octanol–water partition coefficient (Wildman–Crippen LogP) is 4.29. The maximum Gasteiger partial charge on any atom is 0.223 e. The summed E-state index contributed by atoms with van der Waals surface area (Å²) in [6.07, 6.45) is 3.33. The van der Waals surface area contributed by atoms with Crippen LogP contribution >= 0.6 is 11.6 Å². The predicted molar refractivity (Wildman–Crippen MR) is 129 cm³/mol. The largest absolute Gasteiger partial charge is 0.356 e. The van der Waals surface area contributed by atoms with Crippen LogP contribution in [0.3, 0.4) is 0 Å². The van der Waals surface area contributed by atoms with E-state index < -0.39 is 0 Å². The smallest absolute Gasteiger partial charge is 0.223 e. The Labute approximate surface area is 197 Å². The van der Waals surface area contributed by atoms with Crippen LogP contribution in [0.1, 0.15) is 24.2 Å². The van der Waals surface area contributed by atoms with Crippen LogP contribution in [0.2, 0.25) is 5.02 Å². The van der Waals surface area contributed by atoms with Gasteiger partial charge in [-0.25, -0.2) is 4.98 Å². The van der Waals surface area contributed by atoms with Crippen molar-refractivity contribution < 1.29 is 4.79 Å². The molecule has 1 N–H and O–H groups in total. The van der Waals surface area contributed by atoms with Crippen LogP contribution < -0.4 is 10.2 Å². The highest BCUT2D eigenvalue weighted by Crippen LogP contribution is 2.27. The zero-order valence-electron chi connectivity index (χ0n) is 18.4. The van der Waals surface area contributed by atoms with E-state index in [2.05, 4.69) is 26.3 Å². The highest BCUT2D eigenvalue weighted by atomic mass is 35.5. The number of hydrogen-bond donors (Lipinski definition) is 1. The summed E-state index contributed by atoms with van der Waals surface area (Å²) in [7, 11) is 0. The number of aryl methyl sites for hydroxylation is 1. The summed E-state index contributed by atoms with van der Waals surface area (Å²) in [5, 5.41) is 8.56. The molecule has 1 aliphatic rings. The van der Waals surface area contributed by atoms with E-state index >= 15 is 0 Å². The van der Waals surface area contributed by atoms with Crippen molar-refractivity contribution in [3.05, 3.63) is 77.2 Å². The minimum absolute atomic E-state index is 0.00522. The molecule has 0 aliphatic carbocycles. The Hall–Kier alpha value is -3.45. The van der Waals surface area contributed by atoms with Gasteiger partial charge in [0.15, 0.2) is 5.65 Å². The van der Waals surface area contributed by atoms with Crippen LogP contribution in [0.15, 0.2) is 60.8 Å². The normalized spacial score (nSPS) is 14.5. The van der Waals surface area contributed by atoms with Gasteiger partial charge in [0.05, 0.1) is 17.9 Å². The van der Waals surface area contributed by atoms with Crippen molar-refractivity contribution in [2.24, 2.45) is 5.92 Å². The Bertz CT molecular complexity index is 1260. The fraction of sp³-hybridized carbons (Fsp3) is 0.280. The van der Waals surface area contributed by atoms with E-state index in [4.69, 9.17) is 16.7 Å². The third kappa shape index (κ3) is 4.68. The monoisotopic (exact) mass is 460 g/mol. The summed E-state index contributed by atoms with van der Waals surface area (Å²) in [5.41, 5.74) is 4.47. The summed E-state index contributed by atoms with van der Waals surface area (Å²) < 4.78 is 1.90. The Balaban J connectivity index is 1.30. The third-order valence-corrected chi connectivity index (χ3v) is 6.29. The highest BCUT2D eigenvalue weighted by Gasteiger charge is 2.26. The van der Waals surface area contributed by atoms with Crippen LogP contribution in [0.25, 0.3) is 16.9 Å². The third-order valence-electron chi connectivity index (χ3n) is 6.04. The van der Waals surface area contributed by atoms with Gasteiger partial charge >= 0.3 is 0 Å². The molecule has 0 atom stereocenters. The molecule has 1 amide bonds. The number of nitrogens with one attached hydrogen (secondary N) is 1. The summed E-state index contributed by atoms with van der Waals surface area (Å²) >= 11 is 6.03. The zero-order chi connectivity index (χ0) is 22.8. The lowest BCUT2D eigenvalue weighted by Gasteiger charge is -2.33. The van der Waals surface area contributed by atoms with E-state index in [0.29, 0.717) is 11.6 Å². The Kier molecular flexibility index (Phi) is 5.96. The second kappa shape index (κ2) is 9.19. The minimum Gasteiger partial charge on any atom is -0.356 e. The van der Waals surface area contributed by atoms with Crippen molar-refractivity contribution in [3.63, 3.8) is 0 Å². The number of fused-ring (bicyclic) bond motifs is 1. The van der Waals surface area contributed by atoms with E-state index in [1.54, 1.807) is 6.20 Å². The molecule has 8 heteroatoms. The van der Waals surface area contributed by atoms with Crippen molar-refractivity contribution >= 4 is 29.0 Å². The van der Waals surface area contributed by atoms with E-state index in [-0.39, 0.29) is 11.8 Å². The summed E-state index contributed by atoms with van der Waals surface area (Å²) in [5.74, 6) is 1.11. The molecule has 1 saturated heterocycles. The van der Waals surface area contributed by atoms with Crippen molar-refractivity contribution in [1.29, 1.82) is 0 Å². The topological polar surface area (TPSA) is 75.4 Å². The van der Waals surface area contributed by atoms with E-state index in [1.807, 2.05) is 60.0 Å². The van der Waals surface area contributed by atoms with Gasteiger partial charge in [-0.1, -0.05) is 29.8 Å². The second-order valence-corrected chi connectivity index (χ2v) is 8.80. The first-order chi connectivity index (χ1) is 16.1. The average Bonchev–Trinajstić information content (AvgIpc) is 3.27. The molecule has 1 fully saturated rings. The number of benzene rings is 1. The molecule has 0 spiro atoms. The van der Waals surface area contributed by atoms with E-state index in [0.717, 1.165) is 60.0 Å². The first kappa shape index (κ1) is 21.4. The van der Waals surface area contributed by atoms with Gasteiger partial charge in [0.25, 0.3) is 0 Å². The van der Waals surface area contributed by atoms with E-state index in [1.165, 1.54) is 0 Å². The molecule has 1 aliphatic heterocycles. The minimum atomic E-state index is 0.00522. The molecule has 0 unspecified atom stereocenters. The molecular formula is C25H25ClN6O. The molecule has 4 heterocycles. The molecule has 168 valence electrons. The molecule has 0 radical (unpaired) electrons. The lowest BCUT2D eigenvalue weighted by atomic mass is 9.96. The summed E-state index contributed by atoms with van der Waals surface area (Å²) in [4.78, 5) is 23.9. The maximum absolute atomic E-state index is 12.7. The number of nitrogens with zero attached hydrogens (tertiary/aromatic N) is 5. The lowest BCUT2D eigenvalue weighted by Crippen LogP contribution is -2.41. The number of amides is 1. The molecule has 1 aromatic carbocycles. The molecule has 5 rings (SSSR count). The number of aromatic nitrogens is 4. The van der Waals surface area contributed by atoms with Gasteiger partial charge in [0, 0.05) is 53.6 Å². The van der Waals surface area contributed by atoms with Gasteiger partial charge in [0.1, 0.15) is 5.82 Å². The van der Waals surface area contributed by atoms with Crippen molar-refractivity contribution in [3.8, 4) is 11.3 Å². The summed E-state index contributed by atoms with van der Waals surface area (Å²) in [6.45, 7) is 4.04. The molecule has 0 bridgehead atoms. The van der Waals surface area contributed by atoms with E-state index in [9.17, 15) is 4.79 Å². The number of rotatable bonds is 5. The van der Waals surface area contributed by atoms with Crippen LogP contribution in [-0.2, 0) is 11.3 Å². The Morgan fingerprint density at radius 1 is 1.12 bits per heavy atom. The highest BCUT2D eigenvalue weighted by molar-refractivity contribution is 6.30. The van der Waals surface area contributed by atoms with Crippen LogP contribution in [-0.4, -0.2) is 38.6 Å². The number of piperidine rings is 1. The fourth-order valence-corrected chi connectivity index (χ4v) is 4.39. The van der Waals surface area contributed by atoms with Crippen molar-refractivity contribution in [2.45, 2.75) is 26.3 Å².